The summed E-state index contributed by atoms with van der Waals surface area (Å²) in [6, 6.07) is 20.7. The van der Waals surface area contributed by atoms with E-state index in [1.54, 1.807) is 0 Å². The quantitative estimate of drug-likeness (QED) is 0.534. The van der Waals surface area contributed by atoms with Crippen molar-refractivity contribution in [1.29, 1.82) is 0 Å². The lowest BCUT2D eigenvalue weighted by atomic mass is 9.77. The first-order chi connectivity index (χ1) is 14.6. The zero-order valence-corrected chi connectivity index (χ0v) is 17.2. The van der Waals surface area contributed by atoms with Crippen molar-refractivity contribution < 1.29 is 9.90 Å². The molecule has 0 spiro atoms. The van der Waals surface area contributed by atoms with Crippen molar-refractivity contribution in [2.45, 2.75) is 44.9 Å². The van der Waals surface area contributed by atoms with Crippen LogP contribution in [0.4, 0.5) is 11.5 Å². The van der Waals surface area contributed by atoms with Gasteiger partial charge in [0.2, 0.25) is 0 Å². The Morgan fingerprint density at radius 3 is 2.40 bits per heavy atom. The molecule has 4 rings (SSSR count). The second-order valence-electron chi connectivity index (χ2n) is 8.24. The Kier molecular flexibility index (Phi) is 6.07. The van der Waals surface area contributed by atoms with Crippen LogP contribution in [-0.4, -0.2) is 21.3 Å². The van der Waals surface area contributed by atoms with Gasteiger partial charge >= 0.3 is 5.97 Å². The first-order valence-corrected chi connectivity index (χ1v) is 10.6. The summed E-state index contributed by atoms with van der Waals surface area (Å²) in [6.07, 6.45) is 4.44. The minimum atomic E-state index is -0.677. The number of nitrogens with one attached hydrogen (secondary N) is 1. The molecule has 30 heavy (non-hydrogen) atoms. The molecule has 1 aliphatic rings. The summed E-state index contributed by atoms with van der Waals surface area (Å²) in [4.78, 5) is 10.9. The third-order valence-electron chi connectivity index (χ3n) is 5.94. The lowest BCUT2D eigenvalue weighted by molar-refractivity contribution is -0.138. The topological polar surface area (TPSA) is 75.1 Å². The van der Waals surface area contributed by atoms with E-state index in [2.05, 4.69) is 58.8 Å². The van der Waals surface area contributed by atoms with Crippen molar-refractivity contribution in [2.75, 3.05) is 5.32 Å². The van der Waals surface area contributed by atoms with Crippen LogP contribution in [0.3, 0.4) is 0 Å². The molecular formula is C25H27N3O2. The summed E-state index contributed by atoms with van der Waals surface area (Å²) >= 11 is 0. The number of hydrogen-bond donors (Lipinski definition) is 2. The molecule has 1 heterocycles. The molecule has 154 valence electrons. The number of rotatable bonds is 6. The molecule has 1 saturated carbocycles. The lowest BCUT2D eigenvalue weighted by Gasteiger charge is -2.28. The highest BCUT2D eigenvalue weighted by Crippen LogP contribution is 2.37. The maximum Gasteiger partial charge on any atom is 0.303 e. The Morgan fingerprint density at radius 1 is 1.00 bits per heavy atom. The monoisotopic (exact) mass is 401 g/mol. The fraction of sp³-hybridized carbons (Fsp3) is 0.320. The largest absolute Gasteiger partial charge is 0.481 e. The molecule has 0 amide bonds. The Labute approximate surface area is 177 Å². The Hall–Kier alpha value is -3.21. The van der Waals surface area contributed by atoms with E-state index in [-0.39, 0.29) is 0 Å². The van der Waals surface area contributed by atoms with Crippen LogP contribution in [0.25, 0.3) is 11.3 Å². The summed E-state index contributed by atoms with van der Waals surface area (Å²) < 4.78 is 0. The zero-order chi connectivity index (χ0) is 20.9. The molecule has 1 fully saturated rings. The molecule has 3 aromatic rings. The molecule has 1 aliphatic carbocycles. The van der Waals surface area contributed by atoms with E-state index in [0.29, 0.717) is 18.3 Å². The van der Waals surface area contributed by atoms with Gasteiger partial charge in [-0.3, -0.25) is 4.79 Å². The number of hydrogen-bond acceptors (Lipinski definition) is 4. The number of aliphatic carboxylic acids is 1. The van der Waals surface area contributed by atoms with Gasteiger partial charge in [0.25, 0.3) is 0 Å². The minimum Gasteiger partial charge on any atom is -0.481 e. The van der Waals surface area contributed by atoms with E-state index in [1.807, 2.05) is 24.3 Å². The van der Waals surface area contributed by atoms with Gasteiger partial charge in [-0.05, 0) is 79.8 Å². The highest BCUT2D eigenvalue weighted by Gasteiger charge is 2.23. The molecule has 5 nitrogen and oxygen atoms in total. The van der Waals surface area contributed by atoms with Crippen LogP contribution >= 0.6 is 0 Å². The summed E-state index contributed by atoms with van der Waals surface area (Å²) in [7, 11) is 0. The summed E-state index contributed by atoms with van der Waals surface area (Å²) in [6.45, 7) is 2.06. The number of carbonyl (C=O) groups is 1. The number of anilines is 2. The molecule has 2 aromatic carbocycles. The van der Waals surface area contributed by atoms with E-state index in [4.69, 9.17) is 5.11 Å². The molecule has 0 aliphatic heterocycles. The fourth-order valence-corrected chi connectivity index (χ4v) is 4.30. The maximum absolute atomic E-state index is 10.9. The van der Waals surface area contributed by atoms with Gasteiger partial charge in [-0.1, -0.05) is 36.4 Å². The normalized spacial score (nSPS) is 18.7. The number of carboxylic acid groups (broad SMARTS) is 1. The average Bonchev–Trinajstić information content (AvgIpc) is 2.75. The number of carboxylic acids is 1. The Balaban J connectivity index is 1.37. The van der Waals surface area contributed by atoms with Crippen LogP contribution in [0.15, 0.2) is 60.7 Å². The van der Waals surface area contributed by atoms with Gasteiger partial charge in [-0.25, -0.2) is 0 Å². The summed E-state index contributed by atoms with van der Waals surface area (Å²) in [5.74, 6) is 0.902. The van der Waals surface area contributed by atoms with Gasteiger partial charge in [0.05, 0.1) is 5.69 Å². The van der Waals surface area contributed by atoms with Gasteiger partial charge < -0.3 is 10.4 Å². The third-order valence-corrected chi connectivity index (χ3v) is 5.94. The number of aromatic nitrogens is 2. The standard InChI is InChI=1S/C25H27N3O2/c1-17-3-2-4-22(15-17)26-24-14-13-23(27-28-24)21-11-9-20(10-12-21)19-7-5-18(6-8-19)16-25(29)30/h2-4,9-15,18-19H,5-8,16H2,1H3,(H,26,28)(H,29,30). The van der Waals surface area contributed by atoms with Crippen LogP contribution in [0.2, 0.25) is 0 Å². The van der Waals surface area contributed by atoms with Gasteiger partial charge in [-0.15, -0.1) is 10.2 Å². The van der Waals surface area contributed by atoms with Crippen molar-refractivity contribution in [3.63, 3.8) is 0 Å². The van der Waals surface area contributed by atoms with Crippen LogP contribution < -0.4 is 5.32 Å². The maximum atomic E-state index is 10.9. The Bertz CT molecular complexity index is 992. The Morgan fingerprint density at radius 2 is 1.77 bits per heavy atom. The highest BCUT2D eigenvalue weighted by atomic mass is 16.4. The van der Waals surface area contributed by atoms with Crippen LogP contribution in [-0.2, 0) is 4.79 Å². The van der Waals surface area contributed by atoms with Crippen LogP contribution in [0, 0.1) is 12.8 Å². The molecule has 0 radical (unpaired) electrons. The minimum absolute atomic E-state index is 0.305. The zero-order valence-electron chi connectivity index (χ0n) is 17.2. The van der Waals surface area contributed by atoms with E-state index in [1.165, 1.54) is 11.1 Å². The highest BCUT2D eigenvalue weighted by molar-refractivity contribution is 5.67. The van der Waals surface area contributed by atoms with Gasteiger partial charge in [0.15, 0.2) is 5.82 Å². The smallest absolute Gasteiger partial charge is 0.303 e. The first kappa shape index (κ1) is 20.1. The van der Waals surface area contributed by atoms with Crippen molar-refractivity contribution >= 4 is 17.5 Å². The summed E-state index contributed by atoms with van der Waals surface area (Å²) in [5.41, 5.74) is 5.42. The third kappa shape index (κ3) is 5.03. The molecule has 0 saturated heterocycles. The predicted molar refractivity (Wildman–Crippen MR) is 119 cm³/mol. The molecule has 0 unspecified atom stereocenters. The van der Waals surface area contributed by atoms with E-state index in [9.17, 15) is 4.79 Å². The van der Waals surface area contributed by atoms with E-state index < -0.39 is 5.97 Å². The summed E-state index contributed by atoms with van der Waals surface area (Å²) in [5, 5.41) is 20.9. The van der Waals surface area contributed by atoms with Crippen molar-refractivity contribution in [3.05, 3.63) is 71.8 Å². The molecule has 0 bridgehead atoms. The number of aryl methyl sites for hydroxylation is 1. The molecule has 5 heteroatoms. The molecule has 0 atom stereocenters. The van der Waals surface area contributed by atoms with E-state index in [0.717, 1.165) is 48.4 Å². The second-order valence-corrected chi connectivity index (χ2v) is 8.24. The van der Waals surface area contributed by atoms with Gasteiger partial charge in [0.1, 0.15) is 0 Å². The fourth-order valence-electron chi connectivity index (χ4n) is 4.30. The molecular weight excluding hydrogens is 374 g/mol. The number of benzene rings is 2. The van der Waals surface area contributed by atoms with Crippen LogP contribution in [0.1, 0.15) is 49.1 Å². The second kappa shape index (κ2) is 9.08. The van der Waals surface area contributed by atoms with Gasteiger partial charge in [-0.2, -0.15) is 0 Å². The van der Waals surface area contributed by atoms with Crippen molar-refractivity contribution in [1.82, 2.24) is 10.2 Å². The predicted octanol–water partition coefficient (Wildman–Crippen LogP) is 5.94. The number of nitrogens with zero attached hydrogens (tertiary/aromatic N) is 2. The van der Waals surface area contributed by atoms with Gasteiger partial charge in [0, 0.05) is 17.7 Å². The van der Waals surface area contributed by atoms with Crippen molar-refractivity contribution in [3.8, 4) is 11.3 Å². The van der Waals surface area contributed by atoms with E-state index >= 15 is 0 Å². The van der Waals surface area contributed by atoms with Crippen molar-refractivity contribution in [2.24, 2.45) is 5.92 Å². The SMILES string of the molecule is Cc1cccc(Nc2ccc(-c3ccc(C4CCC(CC(=O)O)CC4)cc3)nn2)c1. The lowest BCUT2D eigenvalue weighted by Crippen LogP contribution is -2.16. The average molecular weight is 402 g/mol. The molecule has 2 N–H and O–H groups in total. The van der Waals surface area contributed by atoms with Crippen LogP contribution in [0.5, 0.6) is 0 Å². The first-order valence-electron chi connectivity index (χ1n) is 10.6. The molecule has 1 aromatic heterocycles.